The molecule has 0 atom stereocenters. The summed E-state index contributed by atoms with van der Waals surface area (Å²) in [5, 5.41) is 11.6. The number of halogens is 1. The molecule has 1 rings (SSSR count). The highest BCUT2D eigenvalue weighted by molar-refractivity contribution is 5.85. The van der Waals surface area contributed by atoms with Crippen LogP contribution in [0, 0.1) is 11.3 Å². The molecule has 0 spiro atoms. The molecular formula is C10H13ClN2. The fraction of sp³-hybridized carbons (Fsp3) is 0.300. The first-order chi connectivity index (χ1) is 5.86. The highest BCUT2D eigenvalue weighted by Gasteiger charge is 1.92. The molecular weight excluding hydrogens is 184 g/mol. The van der Waals surface area contributed by atoms with Crippen molar-refractivity contribution in [1.29, 1.82) is 5.26 Å². The van der Waals surface area contributed by atoms with Crippen molar-refractivity contribution in [3.8, 4) is 6.07 Å². The zero-order chi connectivity index (χ0) is 8.81. The standard InChI is InChI=1S/C10H12N2.ClH/c1-12-7-6-9-2-4-10(8-11)5-3-9;/h2-5,12H,6-7H2,1H3;1H. The van der Waals surface area contributed by atoms with Gasteiger partial charge in [-0.2, -0.15) is 5.26 Å². The van der Waals surface area contributed by atoms with E-state index in [2.05, 4.69) is 11.4 Å². The minimum Gasteiger partial charge on any atom is -0.319 e. The Bertz CT molecular complexity index is 274. The van der Waals surface area contributed by atoms with E-state index in [1.165, 1.54) is 5.56 Å². The first-order valence-electron chi connectivity index (χ1n) is 4.00. The molecule has 0 fully saturated rings. The average molecular weight is 197 g/mol. The first-order valence-corrected chi connectivity index (χ1v) is 4.00. The van der Waals surface area contributed by atoms with Crippen LogP contribution in [0.2, 0.25) is 0 Å². The Kier molecular flexibility index (Phi) is 5.96. The smallest absolute Gasteiger partial charge is 0.0991 e. The normalized spacial score (nSPS) is 8.62. The van der Waals surface area contributed by atoms with E-state index in [4.69, 9.17) is 5.26 Å². The zero-order valence-electron chi connectivity index (χ0n) is 7.58. The molecule has 0 saturated carbocycles. The van der Waals surface area contributed by atoms with Crippen molar-refractivity contribution in [3.63, 3.8) is 0 Å². The fourth-order valence-electron chi connectivity index (χ4n) is 1.02. The molecule has 0 aliphatic carbocycles. The lowest BCUT2D eigenvalue weighted by Gasteiger charge is -1.99. The van der Waals surface area contributed by atoms with E-state index in [-0.39, 0.29) is 12.4 Å². The lowest BCUT2D eigenvalue weighted by atomic mass is 10.1. The Morgan fingerprint density at radius 1 is 1.31 bits per heavy atom. The Balaban J connectivity index is 0.00000144. The van der Waals surface area contributed by atoms with Crippen LogP contribution < -0.4 is 5.32 Å². The molecule has 0 saturated heterocycles. The summed E-state index contributed by atoms with van der Waals surface area (Å²) in [6.07, 6.45) is 1.02. The van der Waals surface area contributed by atoms with E-state index in [0.717, 1.165) is 18.5 Å². The van der Waals surface area contributed by atoms with Gasteiger partial charge in [-0.05, 0) is 37.7 Å². The summed E-state index contributed by atoms with van der Waals surface area (Å²) >= 11 is 0. The maximum absolute atomic E-state index is 8.54. The molecule has 0 unspecified atom stereocenters. The van der Waals surface area contributed by atoms with Gasteiger partial charge in [0.2, 0.25) is 0 Å². The minimum atomic E-state index is 0. The summed E-state index contributed by atoms with van der Waals surface area (Å²) < 4.78 is 0. The van der Waals surface area contributed by atoms with Crippen LogP contribution in [0.4, 0.5) is 0 Å². The molecule has 0 aromatic heterocycles. The highest BCUT2D eigenvalue weighted by Crippen LogP contribution is 2.03. The lowest BCUT2D eigenvalue weighted by molar-refractivity contribution is 0.792. The summed E-state index contributed by atoms with van der Waals surface area (Å²) in [7, 11) is 1.93. The van der Waals surface area contributed by atoms with Crippen molar-refractivity contribution in [2.45, 2.75) is 6.42 Å². The summed E-state index contributed by atoms with van der Waals surface area (Å²) in [5.41, 5.74) is 1.99. The number of nitrogens with zero attached hydrogens (tertiary/aromatic N) is 1. The van der Waals surface area contributed by atoms with Crippen LogP contribution in [0.5, 0.6) is 0 Å². The zero-order valence-corrected chi connectivity index (χ0v) is 8.40. The molecule has 0 aliphatic rings. The van der Waals surface area contributed by atoms with Crippen LogP contribution >= 0.6 is 12.4 Å². The van der Waals surface area contributed by atoms with Crippen LogP contribution in [0.1, 0.15) is 11.1 Å². The van der Waals surface area contributed by atoms with Gasteiger partial charge in [-0.15, -0.1) is 12.4 Å². The van der Waals surface area contributed by atoms with E-state index in [1.807, 2.05) is 31.3 Å². The predicted octanol–water partition coefficient (Wildman–Crippen LogP) is 1.74. The fourth-order valence-corrected chi connectivity index (χ4v) is 1.02. The first kappa shape index (κ1) is 12.0. The minimum absolute atomic E-state index is 0. The maximum Gasteiger partial charge on any atom is 0.0991 e. The van der Waals surface area contributed by atoms with Gasteiger partial charge >= 0.3 is 0 Å². The van der Waals surface area contributed by atoms with Crippen molar-refractivity contribution in [1.82, 2.24) is 5.32 Å². The topological polar surface area (TPSA) is 35.8 Å². The van der Waals surface area contributed by atoms with Gasteiger partial charge in [0.15, 0.2) is 0 Å². The molecule has 0 radical (unpaired) electrons. The third kappa shape index (κ3) is 3.93. The summed E-state index contributed by atoms with van der Waals surface area (Å²) in [6.45, 7) is 0.978. The summed E-state index contributed by atoms with van der Waals surface area (Å²) in [6, 6.07) is 9.79. The number of nitrogens with one attached hydrogen (secondary N) is 1. The quantitative estimate of drug-likeness (QED) is 0.800. The second kappa shape index (κ2) is 6.47. The summed E-state index contributed by atoms with van der Waals surface area (Å²) in [5.74, 6) is 0. The van der Waals surface area contributed by atoms with Crippen molar-refractivity contribution < 1.29 is 0 Å². The van der Waals surface area contributed by atoms with Crippen LogP contribution in [-0.4, -0.2) is 13.6 Å². The van der Waals surface area contributed by atoms with Gasteiger partial charge in [-0.1, -0.05) is 12.1 Å². The molecule has 3 heteroatoms. The number of hydrogen-bond donors (Lipinski definition) is 1. The molecule has 0 amide bonds. The van der Waals surface area contributed by atoms with Crippen LogP contribution in [-0.2, 0) is 6.42 Å². The molecule has 2 nitrogen and oxygen atoms in total. The second-order valence-corrected chi connectivity index (χ2v) is 2.66. The largest absolute Gasteiger partial charge is 0.319 e. The number of benzene rings is 1. The Morgan fingerprint density at radius 2 is 1.92 bits per heavy atom. The van der Waals surface area contributed by atoms with Crippen LogP contribution in [0.15, 0.2) is 24.3 Å². The average Bonchev–Trinajstić information content (AvgIpc) is 2.15. The monoisotopic (exact) mass is 196 g/mol. The Morgan fingerprint density at radius 3 is 2.38 bits per heavy atom. The van der Waals surface area contributed by atoms with Gasteiger partial charge in [-0.25, -0.2) is 0 Å². The van der Waals surface area contributed by atoms with Crippen molar-refractivity contribution in [2.24, 2.45) is 0 Å². The van der Waals surface area contributed by atoms with Gasteiger partial charge in [0.1, 0.15) is 0 Å². The van der Waals surface area contributed by atoms with E-state index in [9.17, 15) is 0 Å². The van der Waals surface area contributed by atoms with Crippen molar-refractivity contribution in [2.75, 3.05) is 13.6 Å². The number of rotatable bonds is 3. The second-order valence-electron chi connectivity index (χ2n) is 2.66. The van der Waals surface area contributed by atoms with Gasteiger partial charge in [0, 0.05) is 0 Å². The van der Waals surface area contributed by atoms with Crippen LogP contribution in [0.3, 0.4) is 0 Å². The molecule has 70 valence electrons. The number of nitriles is 1. The van der Waals surface area contributed by atoms with E-state index >= 15 is 0 Å². The van der Waals surface area contributed by atoms with Gasteiger partial charge < -0.3 is 5.32 Å². The third-order valence-electron chi connectivity index (χ3n) is 1.75. The third-order valence-corrected chi connectivity index (χ3v) is 1.75. The van der Waals surface area contributed by atoms with Gasteiger partial charge in [-0.3, -0.25) is 0 Å². The molecule has 1 aromatic carbocycles. The van der Waals surface area contributed by atoms with Crippen molar-refractivity contribution in [3.05, 3.63) is 35.4 Å². The predicted molar refractivity (Wildman–Crippen MR) is 56.0 cm³/mol. The SMILES string of the molecule is CNCCc1ccc(C#N)cc1.Cl. The molecule has 1 N–H and O–H groups in total. The number of hydrogen-bond acceptors (Lipinski definition) is 2. The molecule has 0 bridgehead atoms. The van der Waals surface area contributed by atoms with Gasteiger partial charge in [0.25, 0.3) is 0 Å². The van der Waals surface area contributed by atoms with E-state index in [1.54, 1.807) is 0 Å². The van der Waals surface area contributed by atoms with Crippen LogP contribution in [0.25, 0.3) is 0 Å². The molecule has 0 aliphatic heterocycles. The van der Waals surface area contributed by atoms with E-state index < -0.39 is 0 Å². The highest BCUT2D eigenvalue weighted by atomic mass is 35.5. The molecule has 13 heavy (non-hydrogen) atoms. The van der Waals surface area contributed by atoms with Crippen molar-refractivity contribution >= 4 is 12.4 Å². The van der Waals surface area contributed by atoms with Gasteiger partial charge in [0.05, 0.1) is 11.6 Å². The Hall–Kier alpha value is -1.04. The molecule has 1 aromatic rings. The number of likely N-dealkylation sites (N-methyl/N-ethyl adjacent to an activating group) is 1. The lowest BCUT2D eigenvalue weighted by Crippen LogP contribution is -2.10. The Labute approximate surface area is 85.0 Å². The summed E-state index contributed by atoms with van der Waals surface area (Å²) in [4.78, 5) is 0. The van der Waals surface area contributed by atoms with E-state index in [0.29, 0.717) is 0 Å². The molecule has 0 heterocycles. The maximum atomic E-state index is 8.54.